The van der Waals surface area contributed by atoms with Crippen molar-refractivity contribution in [2.75, 3.05) is 32.9 Å². The number of hydrogen-bond acceptors (Lipinski definition) is 7. The van der Waals surface area contributed by atoms with E-state index in [4.69, 9.17) is 29.4 Å². The summed E-state index contributed by atoms with van der Waals surface area (Å²) in [6.45, 7) is 13.2. The molecule has 2 amide bonds. The predicted octanol–water partition coefficient (Wildman–Crippen LogP) is 4.53. The fourth-order valence-corrected chi connectivity index (χ4v) is 5.63. The van der Waals surface area contributed by atoms with Gasteiger partial charge < -0.3 is 34.3 Å². The Morgan fingerprint density at radius 3 is 2.71 bits per heavy atom. The molecule has 0 unspecified atom stereocenters. The Bertz CT molecular complexity index is 1080. The summed E-state index contributed by atoms with van der Waals surface area (Å²) >= 11 is 0. The number of benzene rings is 1. The summed E-state index contributed by atoms with van der Waals surface area (Å²) < 4.78 is 31.1. The van der Waals surface area contributed by atoms with Gasteiger partial charge in [0.2, 0.25) is 0 Å². The van der Waals surface area contributed by atoms with Crippen LogP contribution < -0.4 is 15.2 Å². The second-order valence-electron chi connectivity index (χ2n) is 12.1. The van der Waals surface area contributed by atoms with Gasteiger partial charge in [0.1, 0.15) is 16.8 Å². The highest BCUT2D eigenvalue weighted by Crippen LogP contribution is 2.55. The zero-order chi connectivity index (χ0) is 27.7. The van der Waals surface area contributed by atoms with Crippen LogP contribution in [0.4, 0.5) is 4.79 Å². The summed E-state index contributed by atoms with van der Waals surface area (Å²) in [6, 6.07) is 5.63. The van der Waals surface area contributed by atoms with Crippen LogP contribution in [0.3, 0.4) is 0 Å². The zero-order valence-corrected chi connectivity index (χ0v) is 23.5. The van der Waals surface area contributed by atoms with Gasteiger partial charge in [0.15, 0.2) is 18.1 Å². The minimum atomic E-state index is -0.658. The molecular formula is C29H42N2O7. The normalized spacial score (nSPS) is 28.5. The van der Waals surface area contributed by atoms with Gasteiger partial charge in [0, 0.05) is 18.0 Å². The molecule has 2 saturated heterocycles. The van der Waals surface area contributed by atoms with Crippen molar-refractivity contribution in [2.24, 2.45) is 11.7 Å². The van der Waals surface area contributed by atoms with E-state index in [2.05, 4.69) is 26.8 Å². The molecule has 1 spiro atoms. The van der Waals surface area contributed by atoms with Crippen LogP contribution in [0.1, 0.15) is 72.5 Å². The number of ether oxygens (including phenoxy) is 5. The second kappa shape index (κ2) is 10.8. The van der Waals surface area contributed by atoms with Gasteiger partial charge in [0.25, 0.3) is 5.91 Å². The Balaban J connectivity index is 1.64. The molecule has 3 aliphatic rings. The van der Waals surface area contributed by atoms with E-state index in [0.29, 0.717) is 44.2 Å². The van der Waals surface area contributed by atoms with Gasteiger partial charge in [0.05, 0.1) is 25.9 Å². The lowest BCUT2D eigenvalue weighted by molar-refractivity contribution is -0.231. The fourth-order valence-electron chi connectivity index (χ4n) is 5.63. The minimum absolute atomic E-state index is 0.0423. The van der Waals surface area contributed by atoms with E-state index in [9.17, 15) is 9.59 Å². The first-order chi connectivity index (χ1) is 17.8. The van der Waals surface area contributed by atoms with Gasteiger partial charge in [-0.15, -0.1) is 0 Å². The number of carbonyl (C=O) groups is 2. The number of primary amides is 1. The summed E-state index contributed by atoms with van der Waals surface area (Å²) in [5.74, 6) is 0.467. The van der Waals surface area contributed by atoms with Crippen LogP contribution in [0.15, 0.2) is 29.8 Å². The van der Waals surface area contributed by atoms with Crippen molar-refractivity contribution >= 4 is 12.0 Å². The fraction of sp³-hybridized carbons (Fsp3) is 0.655. The Kier molecular flexibility index (Phi) is 8.00. The van der Waals surface area contributed by atoms with Crippen LogP contribution in [-0.2, 0) is 19.0 Å². The first-order valence-corrected chi connectivity index (χ1v) is 13.4. The predicted molar refractivity (Wildman–Crippen MR) is 142 cm³/mol. The van der Waals surface area contributed by atoms with Crippen LogP contribution in [0.25, 0.3) is 0 Å². The maximum absolute atomic E-state index is 12.9. The summed E-state index contributed by atoms with van der Waals surface area (Å²) in [6.07, 6.45) is 3.86. The number of amides is 2. The molecule has 2 fully saturated rings. The molecule has 210 valence electrons. The number of nitrogens with zero attached hydrogens (tertiary/aromatic N) is 1. The number of carbonyl (C=O) groups excluding carboxylic acids is 2. The number of morpholine rings is 1. The number of nitrogens with two attached hydrogens (primary N) is 1. The number of allylic oxidation sites excluding steroid dienone is 2. The summed E-state index contributed by atoms with van der Waals surface area (Å²) in [5.41, 5.74) is 5.61. The third-order valence-electron chi connectivity index (χ3n) is 7.38. The lowest BCUT2D eigenvalue weighted by atomic mass is 9.69. The average Bonchev–Trinajstić information content (AvgIpc) is 2.82. The SMILES string of the molecule is CC(C)=CCC[C@@]1(C)Oc2c(OCC(N)=O)cccc2[C@H]2OC[C@@]3(C[C@@H]21)CN(C(=O)OC(C)(C)C)CCO3. The molecule has 3 heterocycles. The van der Waals surface area contributed by atoms with Crippen LogP contribution in [-0.4, -0.2) is 66.6 Å². The van der Waals surface area contributed by atoms with Crippen molar-refractivity contribution in [3.8, 4) is 11.5 Å². The molecular weight excluding hydrogens is 488 g/mol. The Hall–Kier alpha value is -2.78. The molecule has 9 nitrogen and oxygen atoms in total. The summed E-state index contributed by atoms with van der Waals surface area (Å²) in [4.78, 5) is 26.0. The number of para-hydroxylation sites is 1. The van der Waals surface area contributed by atoms with Gasteiger partial charge in [-0.3, -0.25) is 4.79 Å². The van der Waals surface area contributed by atoms with Crippen LogP contribution in [0.5, 0.6) is 11.5 Å². The molecule has 2 N–H and O–H groups in total. The van der Waals surface area contributed by atoms with E-state index in [1.54, 1.807) is 11.0 Å². The number of rotatable bonds is 6. The first-order valence-electron chi connectivity index (χ1n) is 13.4. The van der Waals surface area contributed by atoms with E-state index in [0.717, 1.165) is 18.4 Å². The Morgan fingerprint density at radius 1 is 1.26 bits per heavy atom. The molecule has 38 heavy (non-hydrogen) atoms. The minimum Gasteiger partial charge on any atom is -0.483 e. The van der Waals surface area contributed by atoms with Gasteiger partial charge in [-0.1, -0.05) is 23.8 Å². The lowest BCUT2D eigenvalue weighted by Gasteiger charge is -2.55. The van der Waals surface area contributed by atoms with Crippen LogP contribution >= 0.6 is 0 Å². The highest BCUT2D eigenvalue weighted by atomic mass is 16.6. The quantitative estimate of drug-likeness (QED) is 0.538. The van der Waals surface area contributed by atoms with Crippen LogP contribution in [0.2, 0.25) is 0 Å². The van der Waals surface area contributed by atoms with Crippen molar-refractivity contribution in [3.63, 3.8) is 0 Å². The molecule has 1 aromatic carbocycles. The molecule has 9 heteroatoms. The van der Waals surface area contributed by atoms with E-state index in [1.165, 1.54) is 5.57 Å². The molecule has 0 radical (unpaired) electrons. The molecule has 0 saturated carbocycles. The van der Waals surface area contributed by atoms with Crippen molar-refractivity contribution < 1.29 is 33.3 Å². The average molecular weight is 531 g/mol. The van der Waals surface area contributed by atoms with E-state index in [1.807, 2.05) is 32.9 Å². The first kappa shape index (κ1) is 28.2. The Morgan fingerprint density at radius 2 is 2.03 bits per heavy atom. The molecule has 1 aromatic rings. The van der Waals surface area contributed by atoms with E-state index in [-0.39, 0.29) is 24.7 Å². The Labute approximate surface area is 225 Å². The smallest absolute Gasteiger partial charge is 0.410 e. The standard InChI is InChI=1S/C29H42N2O7/c1-19(2)9-8-12-28(6)21-15-29(17-31(13-14-36-29)26(33)38-27(3,4)5)18-35-24(21)20-10-7-11-22(25(20)37-28)34-16-23(30)32/h7,9-11,21,24H,8,12-18H2,1-6H3,(H2,30,32)/t21-,24+,28+,29+/m0/s1. The molecule has 3 aliphatic heterocycles. The monoisotopic (exact) mass is 530 g/mol. The number of hydrogen-bond donors (Lipinski definition) is 1. The van der Waals surface area contributed by atoms with Crippen molar-refractivity contribution in [1.82, 2.24) is 4.90 Å². The van der Waals surface area contributed by atoms with Crippen molar-refractivity contribution in [1.29, 1.82) is 0 Å². The van der Waals surface area contributed by atoms with Gasteiger partial charge in [-0.25, -0.2) is 4.79 Å². The highest BCUT2D eigenvalue weighted by molar-refractivity contribution is 5.75. The zero-order valence-electron chi connectivity index (χ0n) is 23.5. The highest BCUT2D eigenvalue weighted by Gasteiger charge is 2.56. The molecule has 0 aromatic heterocycles. The van der Waals surface area contributed by atoms with Crippen molar-refractivity contribution in [3.05, 3.63) is 35.4 Å². The van der Waals surface area contributed by atoms with Crippen molar-refractivity contribution in [2.45, 2.75) is 83.7 Å². The summed E-state index contributed by atoms with van der Waals surface area (Å²) in [5, 5.41) is 0. The largest absolute Gasteiger partial charge is 0.483 e. The third-order valence-corrected chi connectivity index (χ3v) is 7.38. The molecule has 4 atom stereocenters. The lowest BCUT2D eigenvalue weighted by Crippen LogP contribution is -2.63. The van der Waals surface area contributed by atoms with Gasteiger partial charge in [-0.05, 0) is 66.9 Å². The van der Waals surface area contributed by atoms with Gasteiger partial charge in [-0.2, -0.15) is 0 Å². The maximum Gasteiger partial charge on any atom is 0.410 e. The second-order valence-corrected chi connectivity index (χ2v) is 12.1. The molecule has 0 bridgehead atoms. The van der Waals surface area contributed by atoms with Crippen LogP contribution in [0, 0.1) is 5.92 Å². The van der Waals surface area contributed by atoms with Gasteiger partial charge >= 0.3 is 6.09 Å². The third kappa shape index (κ3) is 6.26. The molecule has 0 aliphatic carbocycles. The topological polar surface area (TPSA) is 110 Å². The maximum atomic E-state index is 12.9. The molecule has 4 rings (SSSR count). The van der Waals surface area contributed by atoms with E-state index >= 15 is 0 Å². The van der Waals surface area contributed by atoms with E-state index < -0.39 is 22.7 Å². The number of fused-ring (bicyclic) bond motifs is 3. The summed E-state index contributed by atoms with van der Waals surface area (Å²) in [7, 11) is 0.